The second-order valence-electron chi connectivity index (χ2n) is 4.25. The van der Waals surface area contributed by atoms with Crippen LogP contribution in [0.15, 0.2) is 0 Å². The lowest BCUT2D eigenvalue weighted by molar-refractivity contribution is 0.210. The third-order valence-electron chi connectivity index (χ3n) is 3.43. The molecule has 70 valence electrons. The number of nitrogens with two attached hydrogens (primary N) is 1. The molecule has 1 saturated heterocycles. The van der Waals surface area contributed by atoms with Crippen LogP contribution in [0.25, 0.3) is 0 Å². The second-order valence-corrected chi connectivity index (χ2v) is 5.40. The Morgan fingerprint density at radius 1 is 1.08 bits per heavy atom. The zero-order chi connectivity index (χ0) is 8.39. The Balaban J connectivity index is 1.80. The fourth-order valence-corrected chi connectivity index (χ4v) is 3.51. The zero-order valence-electron chi connectivity index (χ0n) is 7.67. The predicted molar refractivity (Wildman–Crippen MR) is 55.4 cm³/mol. The van der Waals surface area contributed by atoms with Crippen molar-refractivity contribution in [3.05, 3.63) is 0 Å². The van der Waals surface area contributed by atoms with Gasteiger partial charge in [0.1, 0.15) is 0 Å². The Morgan fingerprint density at radius 3 is 2.33 bits per heavy atom. The molecule has 0 radical (unpaired) electrons. The molecule has 0 aromatic heterocycles. The first-order valence-corrected chi connectivity index (χ1v) is 6.37. The van der Waals surface area contributed by atoms with Crippen molar-refractivity contribution < 1.29 is 0 Å². The van der Waals surface area contributed by atoms with Crippen LogP contribution in [-0.2, 0) is 0 Å². The van der Waals surface area contributed by atoms with Crippen molar-refractivity contribution in [1.29, 1.82) is 0 Å². The maximum Gasteiger partial charge on any atom is 0.0103 e. The average molecular weight is 185 g/mol. The molecule has 1 aliphatic heterocycles. The van der Waals surface area contributed by atoms with Gasteiger partial charge in [0.2, 0.25) is 0 Å². The molecule has 1 saturated carbocycles. The van der Waals surface area contributed by atoms with Gasteiger partial charge in [-0.1, -0.05) is 6.42 Å². The Bertz CT molecular complexity index is 139. The summed E-state index contributed by atoms with van der Waals surface area (Å²) in [4.78, 5) is 0. The van der Waals surface area contributed by atoms with Crippen molar-refractivity contribution in [3.8, 4) is 0 Å². The number of hydrogen-bond donors (Lipinski definition) is 1. The van der Waals surface area contributed by atoms with Gasteiger partial charge in [0.25, 0.3) is 0 Å². The minimum Gasteiger partial charge on any atom is -0.327 e. The van der Waals surface area contributed by atoms with E-state index in [0.717, 1.165) is 11.8 Å². The summed E-state index contributed by atoms with van der Waals surface area (Å²) in [7, 11) is 0. The van der Waals surface area contributed by atoms with Gasteiger partial charge in [0.05, 0.1) is 0 Å². The summed E-state index contributed by atoms with van der Waals surface area (Å²) in [5.41, 5.74) is 6.24. The lowest BCUT2D eigenvalue weighted by Gasteiger charge is -2.37. The standard InChI is InChI=1S/C10H19NS/c11-10(8-3-1-4-8)9-5-2-6-12-7-9/h8-10H,1-7,11H2. The van der Waals surface area contributed by atoms with Gasteiger partial charge in [-0.15, -0.1) is 0 Å². The Morgan fingerprint density at radius 2 is 1.83 bits per heavy atom. The topological polar surface area (TPSA) is 26.0 Å². The van der Waals surface area contributed by atoms with E-state index in [1.807, 2.05) is 0 Å². The van der Waals surface area contributed by atoms with Crippen molar-refractivity contribution >= 4 is 11.8 Å². The summed E-state index contributed by atoms with van der Waals surface area (Å²) in [5.74, 6) is 4.42. The minimum atomic E-state index is 0.534. The first-order valence-electron chi connectivity index (χ1n) is 5.21. The maximum absolute atomic E-state index is 6.24. The van der Waals surface area contributed by atoms with Crippen LogP contribution >= 0.6 is 11.8 Å². The van der Waals surface area contributed by atoms with Crippen molar-refractivity contribution in [2.75, 3.05) is 11.5 Å². The van der Waals surface area contributed by atoms with E-state index in [2.05, 4.69) is 11.8 Å². The van der Waals surface area contributed by atoms with Gasteiger partial charge in [-0.05, 0) is 49.0 Å². The smallest absolute Gasteiger partial charge is 0.0103 e. The number of hydrogen-bond acceptors (Lipinski definition) is 2. The van der Waals surface area contributed by atoms with E-state index in [1.54, 1.807) is 0 Å². The van der Waals surface area contributed by atoms with Crippen LogP contribution in [0.2, 0.25) is 0 Å². The molecule has 0 aromatic carbocycles. The van der Waals surface area contributed by atoms with Gasteiger partial charge in [0, 0.05) is 6.04 Å². The SMILES string of the molecule is NC(C1CCC1)C1CCCSC1. The van der Waals surface area contributed by atoms with Crippen LogP contribution in [0.3, 0.4) is 0 Å². The summed E-state index contributed by atoms with van der Waals surface area (Å²) in [6.45, 7) is 0. The quantitative estimate of drug-likeness (QED) is 0.714. The van der Waals surface area contributed by atoms with Gasteiger partial charge >= 0.3 is 0 Å². The third kappa shape index (κ3) is 1.80. The monoisotopic (exact) mass is 185 g/mol. The first-order chi connectivity index (χ1) is 5.88. The lowest BCUT2D eigenvalue weighted by atomic mass is 9.75. The molecule has 2 fully saturated rings. The van der Waals surface area contributed by atoms with Gasteiger partial charge < -0.3 is 5.73 Å². The highest BCUT2D eigenvalue weighted by Crippen LogP contribution is 2.35. The minimum absolute atomic E-state index is 0.534. The van der Waals surface area contributed by atoms with E-state index in [1.165, 1.54) is 43.6 Å². The highest BCUT2D eigenvalue weighted by atomic mass is 32.2. The fraction of sp³-hybridized carbons (Fsp3) is 1.00. The molecule has 1 heterocycles. The molecule has 2 rings (SSSR count). The molecule has 0 amide bonds. The average Bonchev–Trinajstić information content (AvgIpc) is 2.03. The molecule has 2 atom stereocenters. The summed E-state index contributed by atoms with van der Waals surface area (Å²) in [6, 6.07) is 0.534. The van der Waals surface area contributed by atoms with Crippen molar-refractivity contribution in [3.63, 3.8) is 0 Å². The van der Waals surface area contributed by atoms with E-state index in [9.17, 15) is 0 Å². The highest BCUT2D eigenvalue weighted by molar-refractivity contribution is 7.99. The zero-order valence-corrected chi connectivity index (χ0v) is 8.48. The highest BCUT2D eigenvalue weighted by Gasteiger charge is 2.31. The maximum atomic E-state index is 6.24. The van der Waals surface area contributed by atoms with Crippen molar-refractivity contribution in [2.24, 2.45) is 17.6 Å². The fourth-order valence-electron chi connectivity index (χ4n) is 2.28. The summed E-state index contributed by atoms with van der Waals surface area (Å²) < 4.78 is 0. The lowest BCUT2D eigenvalue weighted by Crippen LogP contribution is -2.42. The molecule has 2 aliphatic rings. The van der Waals surface area contributed by atoms with Crippen LogP contribution in [0, 0.1) is 11.8 Å². The molecule has 2 N–H and O–H groups in total. The van der Waals surface area contributed by atoms with E-state index in [-0.39, 0.29) is 0 Å². The second kappa shape index (κ2) is 4.01. The third-order valence-corrected chi connectivity index (χ3v) is 4.68. The van der Waals surface area contributed by atoms with Gasteiger partial charge in [-0.3, -0.25) is 0 Å². The number of thioether (sulfide) groups is 1. The molecule has 2 heteroatoms. The van der Waals surface area contributed by atoms with E-state index < -0.39 is 0 Å². The molecule has 2 unspecified atom stereocenters. The van der Waals surface area contributed by atoms with Crippen LogP contribution in [0.5, 0.6) is 0 Å². The molecule has 12 heavy (non-hydrogen) atoms. The van der Waals surface area contributed by atoms with Crippen LogP contribution in [0.4, 0.5) is 0 Å². The van der Waals surface area contributed by atoms with E-state index in [0.29, 0.717) is 6.04 Å². The summed E-state index contributed by atoms with van der Waals surface area (Å²) in [6.07, 6.45) is 7.03. The van der Waals surface area contributed by atoms with Gasteiger partial charge in [-0.25, -0.2) is 0 Å². The molecular formula is C10H19NS. The van der Waals surface area contributed by atoms with E-state index in [4.69, 9.17) is 5.73 Å². The van der Waals surface area contributed by atoms with Crippen molar-refractivity contribution in [2.45, 2.75) is 38.1 Å². The molecule has 0 aromatic rings. The Labute approximate surface area is 79.5 Å². The molecule has 0 spiro atoms. The molecule has 1 nitrogen and oxygen atoms in total. The van der Waals surface area contributed by atoms with Crippen molar-refractivity contribution in [1.82, 2.24) is 0 Å². The molecule has 1 aliphatic carbocycles. The normalized spacial score (nSPS) is 34.2. The Kier molecular flexibility index (Phi) is 2.97. The summed E-state index contributed by atoms with van der Waals surface area (Å²) in [5, 5.41) is 0. The summed E-state index contributed by atoms with van der Waals surface area (Å²) >= 11 is 2.10. The van der Waals surface area contributed by atoms with Crippen LogP contribution in [-0.4, -0.2) is 17.5 Å². The van der Waals surface area contributed by atoms with Crippen LogP contribution < -0.4 is 5.73 Å². The van der Waals surface area contributed by atoms with E-state index >= 15 is 0 Å². The predicted octanol–water partition coefficient (Wildman–Crippen LogP) is 2.26. The molecule has 0 bridgehead atoms. The number of rotatable bonds is 2. The molecular weight excluding hydrogens is 166 g/mol. The Hall–Kier alpha value is 0.310. The van der Waals surface area contributed by atoms with Crippen LogP contribution in [0.1, 0.15) is 32.1 Å². The largest absolute Gasteiger partial charge is 0.327 e. The first kappa shape index (κ1) is 8.89. The van der Waals surface area contributed by atoms with Gasteiger partial charge in [0.15, 0.2) is 0 Å². The van der Waals surface area contributed by atoms with Gasteiger partial charge in [-0.2, -0.15) is 11.8 Å².